The molecule has 2 aromatic rings. The fraction of sp³-hybridized carbons (Fsp3) is 0.500. The Bertz CT molecular complexity index is 392. The Morgan fingerprint density at radius 3 is 2.67 bits per heavy atom. The van der Waals surface area contributed by atoms with E-state index in [1.54, 1.807) is 12.1 Å². The molecule has 1 aliphatic heterocycles. The van der Waals surface area contributed by atoms with E-state index in [4.69, 9.17) is 4.42 Å². The van der Waals surface area contributed by atoms with E-state index in [0.717, 1.165) is 6.04 Å². The van der Waals surface area contributed by atoms with Crippen molar-refractivity contribution in [2.24, 2.45) is 0 Å². The van der Waals surface area contributed by atoms with Gasteiger partial charge in [-0.15, -0.1) is 0 Å². The minimum absolute atomic E-state index is 0.262. The molecule has 2 aromatic heterocycles. The van der Waals surface area contributed by atoms with Crippen LogP contribution in [0.2, 0.25) is 0 Å². The fourth-order valence-corrected chi connectivity index (χ4v) is 1.86. The van der Waals surface area contributed by atoms with E-state index < -0.39 is 0 Å². The molecule has 1 N–H and O–H groups in total. The van der Waals surface area contributed by atoms with Crippen LogP contribution in [0.4, 0.5) is 4.39 Å². The van der Waals surface area contributed by atoms with E-state index in [0.29, 0.717) is 11.2 Å². The van der Waals surface area contributed by atoms with Gasteiger partial charge >= 0.3 is 0 Å². The first-order valence-corrected chi connectivity index (χ1v) is 5.50. The van der Waals surface area contributed by atoms with Crippen LogP contribution in [0, 0.1) is 5.82 Å². The van der Waals surface area contributed by atoms with Gasteiger partial charge in [0.2, 0.25) is 0 Å². The molecule has 0 saturated carbocycles. The van der Waals surface area contributed by atoms with Gasteiger partial charge < -0.3 is 9.73 Å². The Labute approximate surface area is 88.8 Å². The van der Waals surface area contributed by atoms with Gasteiger partial charge in [-0.05, 0) is 37.9 Å². The van der Waals surface area contributed by atoms with E-state index in [1.165, 1.54) is 31.9 Å². The van der Waals surface area contributed by atoms with E-state index in [1.807, 2.05) is 0 Å². The predicted molar refractivity (Wildman–Crippen MR) is 58.7 cm³/mol. The van der Waals surface area contributed by atoms with E-state index in [2.05, 4.69) is 12.2 Å². The Morgan fingerprint density at radius 1 is 1.53 bits per heavy atom. The Morgan fingerprint density at radius 2 is 2.40 bits per heavy atom. The smallest absolute Gasteiger partial charge is 0.169 e. The van der Waals surface area contributed by atoms with Crippen molar-refractivity contribution in [1.82, 2.24) is 5.32 Å². The van der Waals surface area contributed by atoms with Crippen LogP contribution in [0.3, 0.4) is 0 Å². The van der Waals surface area contributed by atoms with Crippen molar-refractivity contribution >= 4 is 11.2 Å². The minimum Gasteiger partial charge on any atom is -0.454 e. The van der Waals surface area contributed by atoms with Gasteiger partial charge in [-0.25, -0.2) is 4.39 Å². The standard InChI is InChI=1S/C6H3FO.C6H13N/c7-5-3-4-1-2-6(5)8-4;1-2-6-4-3-5-7-6/h1-3H;6-7H,2-5H2,1H3. The van der Waals surface area contributed by atoms with Gasteiger partial charge in [0, 0.05) is 12.1 Å². The second-order valence-electron chi connectivity index (χ2n) is 3.90. The summed E-state index contributed by atoms with van der Waals surface area (Å²) in [5, 5.41) is 3.41. The molecule has 2 bridgehead atoms. The lowest BCUT2D eigenvalue weighted by Crippen LogP contribution is -2.19. The first-order chi connectivity index (χ1) is 7.29. The number of hydrogen-bond donors (Lipinski definition) is 1. The van der Waals surface area contributed by atoms with Gasteiger partial charge in [0.05, 0.1) is 0 Å². The van der Waals surface area contributed by atoms with E-state index >= 15 is 0 Å². The molecule has 0 radical (unpaired) electrons. The number of halogens is 1. The van der Waals surface area contributed by atoms with E-state index in [9.17, 15) is 4.39 Å². The van der Waals surface area contributed by atoms with Gasteiger partial charge in [-0.1, -0.05) is 6.92 Å². The van der Waals surface area contributed by atoms with Crippen LogP contribution in [0.5, 0.6) is 0 Å². The number of hydrogen-bond acceptors (Lipinski definition) is 2. The average Bonchev–Trinajstić information content (AvgIpc) is 2.95. The molecule has 1 aliphatic rings. The van der Waals surface area contributed by atoms with Gasteiger partial charge in [-0.3, -0.25) is 0 Å². The number of furan rings is 2. The molecule has 0 amide bonds. The maximum absolute atomic E-state index is 12.2. The lowest BCUT2D eigenvalue weighted by molar-refractivity contribution is 0.587. The largest absolute Gasteiger partial charge is 0.454 e. The molecule has 1 fully saturated rings. The van der Waals surface area contributed by atoms with Crippen molar-refractivity contribution < 1.29 is 8.81 Å². The molecule has 0 aromatic carbocycles. The van der Waals surface area contributed by atoms with Gasteiger partial charge in [0.25, 0.3) is 0 Å². The average molecular weight is 209 g/mol. The molecule has 3 heterocycles. The van der Waals surface area contributed by atoms with Gasteiger partial charge in [0.15, 0.2) is 11.4 Å². The first-order valence-electron chi connectivity index (χ1n) is 5.50. The molecular weight excluding hydrogens is 193 g/mol. The number of fused-ring (bicyclic) bond motifs is 2. The van der Waals surface area contributed by atoms with E-state index in [-0.39, 0.29) is 5.82 Å². The highest BCUT2D eigenvalue weighted by molar-refractivity contribution is 5.60. The summed E-state index contributed by atoms with van der Waals surface area (Å²) in [6.07, 6.45) is 4.09. The number of benzene rings is 1. The van der Waals surface area contributed by atoms with Crippen molar-refractivity contribution in [3.05, 3.63) is 24.0 Å². The summed E-state index contributed by atoms with van der Waals surface area (Å²) in [4.78, 5) is 0. The van der Waals surface area contributed by atoms with Crippen LogP contribution < -0.4 is 5.32 Å². The van der Waals surface area contributed by atoms with Gasteiger partial charge in [0.1, 0.15) is 5.58 Å². The maximum Gasteiger partial charge on any atom is 0.169 e. The normalized spacial score (nSPS) is 20.5. The van der Waals surface area contributed by atoms with Gasteiger partial charge in [-0.2, -0.15) is 0 Å². The number of nitrogens with one attached hydrogen (secondary N) is 1. The minimum atomic E-state index is -0.262. The molecule has 15 heavy (non-hydrogen) atoms. The van der Waals surface area contributed by atoms with Crippen LogP contribution in [0.15, 0.2) is 22.6 Å². The van der Waals surface area contributed by atoms with Crippen molar-refractivity contribution in [2.45, 2.75) is 32.2 Å². The topological polar surface area (TPSA) is 25.2 Å². The Hall–Kier alpha value is -1.09. The molecule has 1 unspecified atom stereocenters. The van der Waals surface area contributed by atoms with Crippen LogP contribution >= 0.6 is 0 Å². The lowest BCUT2D eigenvalue weighted by Gasteiger charge is -2.02. The third-order valence-electron chi connectivity index (χ3n) is 2.79. The molecule has 0 aliphatic carbocycles. The second kappa shape index (κ2) is 4.62. The maximum atomic E-state index is 12.2. The predicted octanol–water partition coefficient (Wildman–Crippen LogP) is 3.16. The zero-order valence-electron chi connectivity index (χ0n) is 8.92. The molecule has 1 saturated heterocycles. The monoisotopic (exact) mass is 209 g/mol. The SMILES string of the molecule is CCC1CCCN1.Fc1cc2ccc1o2. The summed E-state index contributed by atoms with van der Waals surface area (Å²) in [6, 6.07) is 5.57. The molecule has 82 valence electrons. The summed E-state index contributed by atoms with van der Waals surface area (Å²) in [5.41, 5.74) is 0.956. The van der Waals surface area contributed by atoms with Crippen LogP contribution in [-0.2, 0) is 0 Å². The zero-order chi connectivity index (χ0) is 10.7. The van der Waals surface area contributed by atoms with Crippen LogP contribution in [0.1, 0.15) is 26.2 Å². The fourth-order valence-electron chi connectivity index (χ4n) is 1.86. The molecular formula is C12H16FNO. The summed E-state index contributed by atoms with van der Waals surface area (Å²) >= 11 is 0. The molecule has 1 atom stereocenters. The molecule has 3 heteroatoms. The van der Waals surface area contributed by atoms with Crippen molar-refractivity contribution in [3.8, 4) is 0 Å². The van der Waals surface area contributed by atoms with Crippen LogP contribution in [-0.4, -0.2) is 12.6 Å². The highest BCUT2D eigenvalue weighted by Crippen LogP contribution is 2.19. The zero-order valence-corrected chi connectivity index (χ0v) is 8.92. The summed E-state index contributed by atoms with van der Waals surface area (Å²) in [7, 11) is 0. The quantitative estimate of drug-likeness (QED) is 0.780. The van der Waals surface area contributed by atoms with Crippen LogP contribution in [0.25, 0.3) is 11.2 Å². The third kappa shape index (κ3) is 2.48. The summed E-state index contributed by atoms with van der Waals surface area (Å²) < 4.78 is 17.1. The molecule has 3 rings (SSSR count). The van der Waals surface area contributed by atoms with Crippen molar-refractivity contribution in [3.63, 3.8) is 0 Å². The Balaban J connectivity index is 0.000000115. The highest BCUT2D eigenvalue weighted by Gasteiger charge is 2.09. The first kappa shape index (κ1) is 10.4. The summed E-state index contributed by atoms with van der Waals surface area (Å²) in [6.45, 7) is 3.49. The van der Waals surface area contributed by atoms with Crippen molar-refractivity contribution in [1.29, 1.82) is 0 Å². The van der Waals surface area contributed by atoms with Crippen molar-refractivity contribution in [2.75, 3.05) is 6.54 Å². The lowest BCUT2D eigenvalue weighted by atomic mass is 10.2. The third-order valence-corrected chi connectivity index (χ3v) is 2.79. The molecule has 2 nitrogen and oxygen atoms in total. The summed E-state index contributed by atoms with van der Waals surface area (Å²) in [5.74, 6) is -0.262. The highest BCUT2D eigenvalue weighted by atomic mass is 19.1. The second-order valence-corrected chi connectivity index (χ2v) is 3.90. The number of rotatable bonds is 1. The Kier molecular flexibility index (Phi) is 3.21. The molecule has 0 spiro atoms.